The highest BCUT2D eigenvalue weighted by molar-refractivity contribution is 5.86. The van der Waals surface area contributed by atoms with E-state index in [1.54, 1.807) is 31.5 Å². The van der Waals surface area contributed by atoms with E-state index in [1.165, 1.54) is 12.1 Å². The number of carboxylic acid groups (broad SMARTS) is 1. The van der Waals surface area contributed by atoms with Crippen LogP contribution < -0.4 is 14.4 Å². The van der Waals surface area contributed by atoms with Gasteiger partial charge in [0, 0.05) is 53.9 Å². The zero-order valence-corrected chi connectivity index (χ0v) is 25.7. The number of anilines is 1. The Bertz CT molecular complexity index is 1390. The molecule has 226 valence electrons. The molecule has 0 bridgehead atoms. The van der Waals surface area contributed by atoms with Crippen LogP contribution in [-0.4, -0.2) is 52.9 Å². The van der Waals surface area contributed by atoms with E-state index in [-0.39, 0.29) is 24.4 Å². The van der Waals surface area contributed by atoms with E-state index in [4.69, 9.17) is 14.2 Å². The fourth-order valence-electron chi connectivity index (χ4n) is 5.09. The molecule has 3 heterocycles. The Labute approximate surface area is 247 Å². The van der Waals surface area contributed by atoms with Crippen molar-refractivity contribution in [3.8, 4) is 22.8 Å². The van der Waals surface area contributed by atoms with Crippen LogP contribution in [0.1, 0.15) is 70.4 Å². The summed E-state index contributed by atoms with van der Waals surface area (Å²) in [4.78, 5) is 24.0. The summed E-state index contributed by atoms with van der Waals surface area (Å²) in [5.41, 5.74) is 3.88. The van der Waals surface area contributed by atoms with Crippen molar-refractivity contribution in [2.45, 2.75) is 73.0 Å². The number of ether oxygens (including phenoxy) is 3. The molecule has 1 aliphatic heterocycles. The molecule has 1 fully saturated rings. The number of aliphatic carboxylic acids is 1. The quantitative estimate of drug-likeness (QED) is 0.259. The molecule has 1 saturated heterocycles. The summed E-state index contributed by atoms with van der Waals surface area (Å²) in [6, 6.07) is 8.07. The first kappa shape index (κ1) is 31.2. The summed E-state index contributed by atoms with van der Waals surface area (Å²) in [6.07, 6.45) is 4.29. The van der Waals surface area contributed by atoms with E-state index >= 15 is 0 Å². The van der Waals surface area contributed by atoms with E-state index in [2.05, 4.69) is 28.7 Å². The Hall–Kier alpha value is -3.72. The molecule has 9 heteroatoms. The van der Waals surface area contributed by atoms with E-state index < -0.39 is 17.7 Å². The number of carboxylic acids is 1. The molecule has 0 amide bonds. The van der Waals surface area contributed by atoms with Crippen molar-refractivity contribution in [2.24, 2.45) is 5.41 Å². The van der Waals surface area contributed by atoms with Crippen LogP contribution in [0.25, 0.3) is 11.1 Å². The third-order valence-electron chi connectivity index (χ3n) is 7.45. The number of hydrogen-bond acceptors (Lipinski definition) is 7. The zero-order valence-electron chi connectivity index (χ0n) is 25.7. The second kappa shape index (κ2) is 12.7. The van der Waals surface area contributed by atoms with Crippen molar-refractivity contribution in [2.75, 3.05) is 31.2 Å². The average Bonchev–Trinajstić information content (AvgIpc) is 2.91. The van der Waals surface area contributed by atoms with Crippen LogP contribution in [0, 0.1) is 25.1 Å². The molecule has 4 rings (SSSR count). The van der Waals surface area contributed by atoms with Crippen LogP contribution >= 0.6 is 0 Å². The van der Waals surface area contributed by atoms with Crippen molar-refractivity contribution >= 4 is 11.7 Å². The summed E-state index contributed by atoms with van der Waals surface area (Å²) in [7, 11) is 0. The number of rotatable bonds is 10. The van der Waals surface area contributed by atoms with Crippen molar-refractivity contribution in [1.29, 1.82) is 0 Å². The molecule has 3 aromatic rings. The number of carbonyl (C=O) groups is 1. The lowest BCUT2D eigenvalue weighted by molar-refractivity contribution is -0.160. The molecule has 8 nitrogen and oxygen atoms in total. The maximum atomic E-state index is 13.3. The molecule has 0 spiro atoms. The average molecular weight is 580 g/mol. The standard InChI is InChI=1S/C33H42FN3O5/c1-21-18-24(34)9-10-26(21)40-16-17-41-27-11-8-23(19-36-27)25-20-35-22(2)28(30(31(38)39)42-32(3,4)5)29(25)37-14-12-33(6,7)13-15-37/h8-11,18-20,30H,12-17H2,1-7H3,(H,38,39)/t30-/m0/s1. The fraction of sp³-hybridized carbons (Fsp3) is 0.485. The minimum Gasteiger partial charge on any atom is -0.490 e. The number of halogens is 1. The molecule has 1 atom stereocenters. The first-order valence-corrected chi connectivity index (χ1v) is 14.4. The Kier molecular flexibility index (Phi) is 9.40. The van der Waals surface area contributed by atoms with E-state index in [0.717, 1.165) is 48.3 Å². The Morgan fingerprint density at radius 2 is 1.74 bits per heavy atom. The first-order valence-electron chi connectivity index (χ1n) is 14.4. The highest BCUT2D eigenvalue weighted by atomic mass is 19.1. The highest BCUT2D eigenvalue weighted by Crippen LogP contribution is 2.43. The van der Waals surface area contributed by atoms with Gasteiger partial charge in [0.25, 0.3) is 0 Å². The van der Waals surface area contributed by atoms with Crippen LogP contribution in [0.5, 0.6) is 11.6 Å². The largest absolute Gasteiger partial charge is 0.490 e. The third-order valence-corrected chi connectivity index (χ3v) is 7.45. The van der Waals surface area contributed by atoms with Crippen molar-refractivity contribution in [1.82, 2.24) is 9.97 Å². The second-order valence-corrected chi connectivity index (χ2v) is 12.6. The lowest BCUT2D eigenvalue weighted by Gasteiger charge is -2.40. The Morgan fingerprint density at radius 1 is 1.05 bits per heavy atom. The number of benzene rings is 1. The fourth-order valence-corrected chi connectivity index (χ4v) is 5.09. The minimum absolute atomic E-state index is 0.215. The molecule has 0 unspecified atom stereocenters. The molecular formula is C33H42FN3O5. The van der Waals surface area contributed by atoms with E-state index in [9.17, 15) is 14.3 Å². The van der Waals surface area contributed by atoms with Gasteiger partial charge >= 0.3 is 5.97 Å². The van der Waals surface area contributed by atoms with Gasteiger partial charge in [-0.3, -0.25) is 4.98 Å². The van der Waals surface area contributed by atoms with Gasteiger partial charge in [-0.15, -0.1) is 0 Å². The normalized spacial score (nSPS) is 15.8. The molecular weight excluding hydrogens is 537 g/mol. The molecule has 1 aliphatic rings. The predicted molar refractivity (Wildman–Crippen MR) is 161 cm³/mol. The van der Waals surface area contributed by atoms with Crippen molar-refractivity contribution in [3.05, 3.63) is 65.4 Å². The molecule has 0 saturated carbocycles. The SMILES string of the molecule is Cc1cc(F)ccc1OCCOc1ccc(-c2cnc(C)c([C@H](OC(C)(C)C)C(=O)O)c2N2CCC(C)(C)CC2)cn1. The van der Waals surface area contributed by atoms with Crippen LogP contribution in [0.15, 0.2) is 42.7 Å². The first-order chi connectivity index (χ1) is 19.7. The molecule has 42 heavy (non-hydrogen) atoms. The molecule has 1 aromatic carbocycles. The van der Waals surface area contributed by atoms with Crippen LogP contribution in [0.4, 0.5) is 10.1 Å². The van der Waals surface area contributed by atoms with Gasteiger partial charge in [-0.1, -0.05) is 13.8 Å². The summed E-state index contributed by atoms with van der Waals surface area (Å²) < 4.78 is 30.9. The smallest absolute Gasteiger partial charge is 0.337 e. The van der Waals surface area contributed by atoms with Gasteiger partial charge in [-0.25, -0.2) is 14.2 Å². The van der Waals surface area contributed by atoms with Gasteiger partial charge in [0.1, 0.15) is 24.8 Å². The number of piperidine rings is 1. The second-order valence-electron chi connectivity index (χ2n) is 12.6. The number of nitrogens with zero attached hydrogens (tertiary/aromatic N) is 3. The van der Waals surface area contributed by atoms with Gasteiger partial charge in [0.2, 0.25) is 5.88 Å². The van der Waals surface area contributed by atoms with Crippen LogP contribution in [0.3, 0.4) is 0 Å². The van der Waals surface area contributed by atoms with E-state index in [0.29, 0.717) is 22.9 Å². The predicted octanol–water partition coefficient (Wildman–Crippen LogP) is 6.92. The lowest BCUT2D eigenvalue weighted by atomic mass is 9.82. The Morgan fingerprint density at radius 3 is 2.33 bits per heavy atom. The number of hydrogen-bond donors (Lipinski definition) is 1. The zero-order chi connectivity index (χ0) is 30.7. The van der Waals surface area contributed by atoms with Crippen LogP contribution in [-0.2, 0) is 9.53 Å². The summed E-state index contributed by atoms with van der Waals surface area (Å²) in [5, 5.41) is 10.3. The molecule has 0 aliphatic carbocycles. The maximum absolute atomic E-state index is 13.3. The van der Waals surface area contributed by atoms with Crippen molar-refractivity contribution in [3.63, 3.8) is 0 Å². The van der Waals surface area contributed by atoms with Gasteiger partial charge in [-0.05, 0) is 82.7 Å². The van der Waals surface area contributed by atoms with Crippen LogP contribution in [0.2, 0.25) is 0 Å². The minimum atomic E-state index is -1.18. The van der Waals surface area contributed by atoms with Gasteiger partial charge in [-0.2, -0.15) is 0 Å². The van der Waals surface area contributed by atoms with Gasteiger partial charge in [0.05, 0.1) is 11.3 Å². The van der Waals surface area contributed by atoms with Crippen molar-refractivity contribution < 1.29 is 28.5 Å². The lowest BCUT2D eigenvalue weighted by Crippen LogP contribution is -2.39. The Balaban J connectivity index is 1.61. The third kappa shape index (κ3) is 7.76. The summed E-state index contributed by atoms with van der Waals surface area (Å²) in [5.74, 6) is -0.316. The topological polar surface area (TPSA) is 94.0 Å². The highest BCUT2D eigenvalue weighted by Gasteiger charge is 2.35. The maximum Gasteiger partial charge on any atom is 0.337 e. The monoisotopic (exact) mass is 579 g/mol. The van der Waals surface area contributed by atoms with Gasteiger partial charge < -0.3 is 24.2 Å². The van der Waals surface area contributed by atoms with E-state index in [1.807, 2.05) is 33.8 Å². The number of aryl methyl sites for hydroxylation is 2. The molecule has 2 aromatic heterocycles. The molecule has 1 N–H and O–H groups in total. The number of pyridine rings is 2. The summed E-state index contributed by atoms with van der Waals surface area (Å²) >= 11 is 0. The molecule has 0 radical (unpaired) electrons. The van der Waals surface area contributed by atoms with Gasteiger partial charge in [0.15, 0.2) is 6.10 Å². The summed E-state index contributed by atoms with van der Waals surface area (Å²) in [6.45, 7) is 15.8. The number of aromatic nitrogens is 2.